The van der Waals surface area contributed by atoms with E-state index in [0.717, 1.165) is 0 Å². The number of carbonyl (C=O) groups excluding carboxylic acids is 1. The van der Waals surface area contributed by atoms with E-state index >= 15 is 0 Å². The maximum absolute atomic E-state index is 10.7. The Morgan fingerprint density at radius 2 is 2.21 bits per heavy atom. The molecule has 0 amide bonds. The molecule has 1 N–H and O–H groups in total. The van der Waals surface area contributed by atoms with Gasteiger partial charge in [0.15, 0.2) is 6.29 Å². The number of nitro benzene ring substituents is 1. The average molecular weight is 190 g/mol. The highest BCUT2D eigenvalue weighted by atomic mass is 16.6. The van der Waals surface area contributed by atoms with Crippen molar-refractivity contribution in [2.45, 2.75) is 0 Å². The fourth-order valence-electron chi connectivity index (χ4n) is 1.44. The first-order valence-corrected chi connectivity index (χ1v) is 3.93. The van der Waals surface area contributed by atoms with Crippen LogP contribution in [0.1, 0.15) is 10.4 Å². The Kier molecular flexibility index (Phi) is 1.78. The van der Waals surface area contributed by atoms with Crippen molar-refractivity contribution < 1.29 is 9.72 Å². The molecule has 0 aliphatic heterocycles. The largest absolute Gasteiger partial charge is 0.360 e. The van der Waals surface area contributed by atoms with Gasteiger partial charge in [0.25, 0.3) is 5.69 Å². The fraction of sp³-hybridized carbons (Fsp3) is 0. The van der Waals surface area contributed by atoms with Gasteiger partial charge in [0, 0.05) is 17.8 Å². The zero-order valence-electron chi connectivity index (χ0n) is 7.06. The molecule has 0 bridgehead atoms. The number of rotatable bonds is 2. The van der Waals surface area contributed by atoms with E-state index in [1.165, 1.54) is 12.3 Å². The molecule has 0 saturated heterocycles. The van der Waals surface area contributed by atoms with Crippen molar-refractivity contribution in [2.75, 3.05) is 0 Å². The van der Waals surface area contributed by atoms with Gasteiger partial charge in [-0.2, -0.15) is 0 Å². The molecule has 70 valence electrons. The highest BCUT2D eigenvalue weighted by Gasteiger charge is 2.15. The summed E-state index contributed by atoms with van der Waals surface area (Å²) in [6.45, 7) is 0. The lowest BCUT2D eigenvalue weighted by Crippen LogP contribution is -1.89. The number of non-ortho nitro benzene ring substituents is 1. The monoisotopic (exact) mass is 190 g/mol. The number of hydrogen-bond acceptors (Lipinski definition) is 3. The molecule has 0 saturated carbocycles. The van der Waals surface area contributed by atoms with Crippen molar-refractivity contribution in [1.29, 1.82) is 0 Å². The Morgan fingerprint density at radius 3 is 2.86 bits per heavy atom. The molecule has 2 aromatic rings. The zero-order valence-corrected chi connectivity index (χ0v) is 7.06. The van der Waals surface area contributed by atoms with Crippen LogP contribution >= 0.6 is 0 Å². The first-order chi connectivity index (χ1) is 6.74. The summed E-state index contributed by atoms with van der Waals surface area (Å²) < 4.78 is 0. The quantitative estimate of drug-likeness (QED) is 0.446. The Labute approximate surface area is 78.5 Å². The van der Waals surface area contributed by atoms with Gasteiger partial charge < -0.3 is 4.98 Å². The molecule has 0 aliphatic rings. The third-order valence-electron chi connectivity index (χ3n) is 2.04. The van der Waals surface area contributed by atoms with Crippen molar-refractivity contribution in [3.8, 4) is 0 Å². The highest BCUT2D eigenvalue weighted by Crippen LogP contribution is 2.27. The standard InChI is InChI=1S/C9H6N2O3/c12-5-6-4-10-7-2-1-3-8(9(6)7)11(13)14/h1-5,10H. The summed E-state index contributed by atoms with van der Waals surface area (Å²) in [6.07, 6.45) is 2.07. The summed E-state index contributed by atoms with van der Waals surface area (Å²) in [7, 11) is 0. The lowest BCUT2D eigenvalue weighted by Gasteiger charge is -1.93. The van der Waals surface area contributed by atoms with Crippen molar-refractivity contribution in [3.05, 3.63) is 40.1 Å². The molecular formula is C9H6N2O3. The molecule has 0 fully saturated rings. The second kappa shape index (κ2) is 2.95. The van der Waals surface area contributed by atoms with Gasteiger partial charge in [-0.3, -0.25) is 14.9 Å². The Bertz CT molecular complexity index is 516. The second-order valence-electron chi connectivity index (χ2n) is 2.82. The molecule has 5 heteroatoms. The Morgan fingerprint density at radius 1 is 1.43 bits per heavy atom. The van der Waals surface area contributed by atoms with Crippen LogP contribution in [0.5, 0.6) is 0 Å². The SMILES string of the molecule is O=Cc1c[nH]c2cccc([N+](=O)[O-])c12. The smallest absolute Gasteiger partial charge is 0.279 e. The Hall–Kier alpha value is -2.17. The minimum Gasteiger partial charge on any atom is -0.360 e. The number of aldehydes is 1. The maximum atomic E-state index is 10.7. The van der Waals surface area contributed by atoms with Gasteiger partial charge >= 0.3 is 0 Å². The maximum Gasteiger partial charge on any atom is 0.279 e. The molecule has 0 radical (unpaired) electrons. The average Bonchev–Trinajstić information content (AvgIpc) is 2.59. The predicted octanol–water partition coefficient (Wildman–Crippen LogP) is 1.89. The lowest BCUT2D eigenvalue weighted by molar-refractivity contribution is -0.383. The van der Waals surface area contributed by atoms with E-state index in [9.17, 15) is 14.9 Å². The zero-order chi connectivity index (χ0) is 10.1. The molecule has 1 aromatic carbocycles. The predicted molar refractivity (Wildman–Crippen MR) is 50.3 cm³/mol. The van der Waals surface area contributed by atoms with Crippen molar-refractivity contribution >= 4 is 22.9 Å². The Balaban J connectivity index is 2.88. The van der Waals surface area contributed by atoms with Crippen LogP contribution in [0.25, 0.3) is 10.9 Å². The summed E-state index contributed by atoms with van der Waals surface area (Å²) in [5, 5.41) is 11.0. The van der Waals surface area contributed by atoms with Crippen molar-refractivity contribution in [2.24, 2.45) is 0 Å². The number of carbonyl (C=O) groups is 1. The van der Waals surface area contributed by atoms with E-state index < -0.39 is 4.92 Å². The van der Waals surface area contributed by atoms with Crippen LogP contribution in [-0.4, -0.2) is 16.2 Å². The van der Waals surface area contributed by atoms with Crippen LogP contribution in [0.3, 0.4) is 0 Å². The van der Waals surface area contributed by atoms with Gasteiger partial charge in [0.1, 0.15) is 0 Å². The number of nitro groups is 1. The third-order valence-corrected chi connectivity index (χ3v) is 2.04. The molecule has 1 heterocycles. The summed E-state index contributed by atoms with van der Waals surface area (Å²) in [5.41, 5.74) is 0.861. The number of aromatic nitrogens is 1. The van der Waals surface area contributed by atoms with E-state index in [4.69, 9.17) is 0 Å². The van der Waals surface area contributed by atoms with E-state index in [2.05, 4.69) is 4.98 Å². The van der Waals surface area contributed by atoms with Gasteiger partial charge in [-0.1, -0.05) is 6.07 Å². The molecule has 2 rings (SSSR count). The molecule has 5 nitrogen and oxygen atoms in total. The number of nitrogens with zero attached hydrogens (tertiary/aromatic N) is 1. The van der Waals surface area contributed by atoms with Gasteiger partial charge in [-0.25, -0.2) is 0 Å². The summed E-state index contributed by atoms with van der Waals surface area (Å²) in [5.74, 6) is 0. The molecule has 0 aliphatic carbocycles. The fourth-order valence-corrected chi connectivity index (χ4v) is 1.44. The number of hydrogen-bond donors (Lipinski definition) is 1. The minimum atomic E-state index is -0.497. The first-order valence-electron chi connectivity index (χ1n) is 3.93. The second-order valence-corrected chi connectivity index (χ2v) is 2.82. The molecule has 1 aromatic heterocycles. The molecular weight excluding hydrogens is 184 g/mol. The van der Waals surface area contributed by atoms with Gasteiger partial charge in [-0.05, 0) is 6.07 Å². The van der Waals surface area contributed by atoms with Crippen LogP contribution < -0.4 is 0 Å². The summed E-state index contributed by atoms with van der Waals surface area (Å²) in [6, 6.07) is 4.64. The number of fused-ring (bicyclic) bond motifs is 1. The topological polar surface area (TPSA) is 76.0 Å². The molecule has 0 spiro atoms. The number of benzene rings is 1. The van der Waals surface area contributed by atoms with E-state index in [1.807, 2.05) is 0 Å². The summed E-state index contributed by atoms with van der Waals surface area (Å²) >= 11 is 0. The normalized spacial score (nSPS) is 10.3. The van der Waals surface area contributed by atoms with Gasteiger partial charge in [-0.15, -0.1) is 0 Å². The number of aromatic amines is 1. The van der Waals surface area contributed by atoms with Crippen LogP contribution in [0.2, 0.25) is 0 Å². The number of nitrogens with one attached hydrogen (secondary N) is 1. The van der Waals surface area contributed by atoms with Crippen LogP contribution in [0.15, 0.2) is 24.4 Å². The van der Waals surface area contributed by atoms with Gasteiger partial charge in [0.2, 0.25) is 0 Å². The molecule has 14 heavy (non-hydrogen) atoms. The molecule has 0 atom stereocenters. The lowest BCUT2D eigenvalue weighted by atomic mass is 10.1. The molecule has 0 unspecified atom stereocenters. The van der Waals surface area contributed by atoms with E-state index in [-0.39, 0.29) is 5.69 Å². The van der Waals surface area contributed by atoms with E-state index in [1.54, 1.807) is 12.1 Å². The van der Waals surface area contributed by atoms with Gasteiger partial charge in [0.05, 0.1) is 15.8 Å². The van der Waals surface area contributed by atoms with Crippen LogP contribution in [-0.2, 0) is 0 Å². The summed E-state index contributed by atoms with van der Waals surface area (Å²) in [4.78, 5) is 23.6. The van der Waals surface area contributed by atoms with Crippen molar-refractivity contribution in [1.82, 2.24) is 4.98 Å². The van der Waals surface area contributed by atoms with Crippen molar-refractivity contribution in [3.63, 3.8) is 0 Å². The third kappa shape index (κ3) is 1.06. The minimum absolute atomic E-state index is 0.0501. The van der Waals surface area contributed by atoms with Crippen LogP contribution in [0, 0.1) is 10.1 Å². The highest BCUT2D eigenvalue weighted by molar-refractivity contribution is 6.02. The number of H-pyrrole nitrogens is 1. The van der Waals surface area contributed by atoms with E-state index in [0.29, 0.717) is 22.8 Å². The first kappa shape index (κ1) is 8.43. The van der Waals surface area contributed by atoms with Crippen LogP contribution in [0.4, 0.5) is 5.69 Å².